The van der Waals surface area contributed by atoms with Crippen LogP contribution in [0.15, 0.2) is 12.1 Å². The van der Waals surface area contributed by atoms with E-state index in [4.69, 9.17) is 14.2 Å². The van der Waals surface area contributed by atoms with Gasteiger partial charge in [-0.05, 0) is 19.1 Å². The summed E-state index contributed by atoms with van der Waals surface area (Å²) in [7, 11) is 2.97. The summed E-state index contributed by atoms with van der Waals surface area (Å²) in [6.45, 7) is 2.25. The van der Waals surface area contributed by atoms with Gasteiger partial charge in [-0.25, -0.2) is 0 Å². The Morgan fingerprint density at radius 3 is 2.56 bits per heavy atom. The van der Waals surface area contributed by atoms with E-state index < -0.39 is 0 Å². The van der Waals surface area contributed by atoms with E-state index in [1.807, 2.05) is 6.92 Å². The minimum Gasteiger partial charge on any atom is -0.503 e. The molecule has 1 heterocycles. The quantitative estimate of drug-likeness (QED) is 0.891. The predicted molar refractivity (Wildman–Crippen MR) is 65.5 cm³/mol. The molecule has 2 aromatic rings. The average Bonchev–Trinajstić information content (AvgIpc) is 2.39. The standard InChI is InChI=1S/C12H14N2O4/c1-4-18-12-13-9-7(11(14-12)17-3)5-6-8(16-2)10(9)15/h5-6,15H,4H2,1-3H3. The third-order valence-electron chi connectivity index (χ3n) is 2.44. The van der Waals surface area contributed by atoms with E-state index in [2.05, 4.69) is 9.97 Å². The highest BCUT2D eigenvalue weighted by atomic mass is 16.5. The van der Waals surface area contributed by atoms with Gasteiger partial charge in [-0.3, -0.25) is 0 Å². The van der Waals surface area contributed by atoms with Crippen LogP contribution in [0.3, 0.4) is 0 Å². The van der Waals surface area contributed by atoms with Gasteiger partial charge in [-0.15, -0.1) is 0 Å². The van der Waals surface area contributed by atoms with Gasteiger partial charge in [0.25, 0.3) is 0 Å². The number of ether oxygens (including phenoxy) is 3. The van der Waals surface area contributed by atoms with Crippen molar-refractivity contribution in [3.05, 3.63) is 12.1 Å². The molecule has 6 heteroatoms. The van der Waals surface area contributed by atoms with Gasteiger partial charge >= 0.3 is 6.01 Å². The molecule has 2 rings (SSSR count). The van der Waals surface area contributed by atoms with Gasteiger partial charge in [0.2, 0.25) is 5.88 Å². The second kappa shape index (κ2) is 4.95. The van der Waals surface area contributed by atoms with Gasteiger partial charge < -0.3 is 19.3 Å². The molecule has 0 unspecified atom stereocenters. The molecule has 0 amide bonds. The largest absolute Gasteiger partial charge is 0.503 e. The molecule has 1 aromatic heterocycles. The third kappa shape index (κ3) is 1.97. The van der Waals surface area contributed by atoms with Crippen LogP contribution in [-0.4, -0.2) is 35.9 Å². The van der Waals surface area contributed by atoms with E-state index in [1.165, 1.54) is 14.2 Å². The van der Waals surface area contributed by atoms with Crippen molar-refractivity contribution < 1.29 is 19.3 Å². The van der Waals surface area contributed by atoms with Gasteiger partial charge in [0.15, 0.2) is 11.5 Å². The molecule has 0 fully saturated rings. The summed E-state index contributed by atoms with van der Waals surface area (Å²) < 4.78 is 15.4. The first-order valence-corrected chi connectivity index (χ1v) is 5.45. The lowest BCUT2D eigenvalue weighted by molar-refractivity contribution is 0.304. The monoisotopic (exact) mass is 250 g/mol. The average molecular weight is 250 g/mol. The Morgan fingerprint density at radius 1 is 1.17 bits per heavy atom. The van der Waals surface area contributed by atoms with Gasteiger partial charge in [-0.2, -0.15) is 9.97 Å². The van der Waals surface area contributed by atoms with Crippen LogP contribution in [0.1, 0.15) is 6.92 Å². The maximum absolute atomic E-state index is 10.0. The van der Waals surface area contributed by atoms with Crippen molar-refractivity contribution in [2.75, 3.05) is 20.8 Å². The van der Waals surface area contributed by atoms with E-state index in [-0.39, 0.29) is 11.8 Å². The Labute approximate surface area is 104 Å². The topological polar surface area (TPSA) is 73.7 Å². The van der Waals surface area contributed by atoms with Gasteiger partial charge in [0, 0.05) is 0 Å². The van der Waals surface area contributed by atoms with Gasteiger partial charge in [-0.1, -0.05) is 0 Å². The zero-order valence-electron chi connectivity index (χ0n) is 10.4. The Kier molecular flexibility index (Phi) is 3.36. The lowest BCUT2D eigenvalue weighted by Crippen LogP contribution is -2.00. The van der Waals surface area contributed by atoms with Crippen molar-refractivity contribution in [3.63, 3.8) is 0 Å². The van der Waals surface area contributed by atoms with E-state index in [9.17, 15) is 5.11 Å². The molecule has 1 N–H and O–H groups in total. The zero-order valence-corrected chi connectivity index (χ0v) is 10.4. The minimum atomic E-state index is -0.0587. The van der Waals surface area contributed by atoms with Gasteiger partial charge in [0.05, 0.1) is 26.2 Å². The molecule has 18 heavy (non-hydrogen) atoms. The smallest absolute Gasteiger partial charge is 0.320 e. The van der Waals surface area contributed by atoms with Crippen molar-refractivity contribution in [3.8, 4) is 23.4 Å². The predicted octanol–water partition coefficient (Wildman–Crippen LogP) is 1.75. The number of phenols is 1. The highest BCUT2D eigenvalue weighted by Crippen LogP contribution is 2.37. The molecule has 96 valence electrons. The third-order valence-corrected chi connectivity index (χ3v) is 2.44. The molecule has 0 saturated heterocycles. The molecule has 0 aliphatic rings. The number of aromatic hydroxyl groups is 1. The minimum absolute atomic E-state index is 0.0587. The summed E-state index contributed by atoms with van der Waals surface area (Å²) in [5.74, 6) is 0.628. The van der Waals surface area contributed by atoms with E-state index >= 15 is 0 Å². The Bertz CT molecular complexity index is 571. The number of nitrogens with zero attached hydrogens (tertiary/aromatic N) is 2. The number of phenolic OH excluding ortho intramolecular Hbond substituents is 1. The number of aromatic nitrogens is 2. The van der Waals surface area contributed by atoms with Crippen LogP contribution >= 0.6 is 0 Å². The van der Waals surface area contributed by atoms with Crippen molar-refractivity contribution in [2.24, 2.45) is 0 Å². The molecule has 0 bridgehead atoms. The van der Waals surface area contributed by atoms with Crippen LogP contribution < -0.4 is 14.2 Å². The molecule has 6 nitrogen and oxygen atoms in total. The zero-order chi connectivity index (χ0) is 13.1. The molecule has 0 atom stereocenters. The number of benzene rings is 1. The van der Waals surface area contributed by atoms with Crippen LogP contribution in [-0.2, 0) is 0 Å². The Morgan fingerprint density at radius 2 is 1.94 bits per heavy atom. The van der Waals surface area contributed by atoms with Crippen molar-refractivity contribution >= 4 is 10.9 Å². The summed E-state index contributed by atoms with van der Waals surface area (Å²) in [6, 6.07) is 3.51. The maximum Gasteiger partial charge on any atom is 0.320 e. The fourth-order valence-electron chi connectivity index (χ4n) is 1.63. The lowest BCUT2D eigenvalue weighted by Gasteiger charge is -2.10. The first-order valence-electron chi connectivity index (χ1n) is 5.45. The fourth-order valence-corrected chi connectivity index (χ4v) is 1.63. The van der Waals surface area contributed by atoms with Gasteiger partial charge in [0.1, 0.15) is 5.52 Å². The first-order chi connectivity index (χ1) is 8.71. The highest BCUT2D eigenvalue weighted by molar-refractivity contribution is 5.90. The molecule has 1 aromatic carbocycles. The number of methoxy groups -OCH3 is 2. The van der Waals surface area contributed by atoms with E-state index in [0.29, 0.717) is 29.1 Å². The fraction of sp³-hybridized carbons (Fsp3) is 0.333. The van der Waals surface area contributed by atoms with Crippen LogP contribution in [0.4, 0.5) is 0 Å². The molecule has 0 radical (unpaired) electrons. The van der Waals surface area contributed by atoms with Crippen LogP contribution in [0.5, 0.6) is 23.4 Å². The second-order valence-electron chi connectivity index (χ2n) is 3.46. The van der Waals surface area contributed by atoms with Crippen LogP contribution in [0.2, 0.25) is 0 Å². The van der Waals surface area contributed by atoms with Crippen molar-refractivity contribution in [1.29, 1.82) is 0 Å². The van der Waals surface area contributed by atoms with E-state index in [1.54, 1.807) is 12.1 Å². The summed E-state index contributed by atoms with van der Waals surface area (Å²) in [5, 5.41) is 10.6. The lowest BCUT2D eigenvalue weighted by atomic mass is 10.2. The van der Waals surface area contributed by atoms with Crippen molar-refractivity contribution in [1.82, 2.24) is 9.97 Å². The summed E-state index contributed by atoms with van der Waals surface area (Å²) >= 11 is 0. The van der Waals surface area contributed by atoms with Crippen molar-refractivity contribution in [2.45, 2.75) is 6.92 Å². The molecule has 0 aliphatic heterocycles. The molecule has 0 saturated carbocycles. The molecular weight excluding hydrogens is 236 g/mol. The summed E-state index contributed by atoms with van der Waals surface area (Å²) in [4.78, 5) is 8.24. The molecule has 0 aliphatic carbocycles. The Hall–Kier alpha value is -2.24. The Balaban J connectivity index is 2.71. The number of hydrogen-bond donors (Lipinski definition) is 1. The molecular formula is C12H14N2O4. The van der Waals surface area contributed by atoms with E-state index in [0.717, 1.165) is 0 Å². The number of fused-ring (bicyclic) bond motifs is 1. The summed E-state index contributed by atoms with van der Waals surface area (Å²) in [5.41, 5.74) is 0.338. The number of hydrogen-bond acceptors (Lipinski definition) is 6. The van der Waals surface area contributed by atoms with Crippen LogP contribution in [0, 0.1) is 0 Å². The molecule has 0 spiro atoms. The second-order valence-corrected chi connectivity index (χ2v) is 3.46. The first kappa shape index (κ1) is 12.2. The summed E-state index contributed by atoms with van der Waals surface area (Å²) in [6.07, 6.45) is 0. The SMILES string of the molecule is CCOc1nc(OC)c2ccc(OC)c(O)c2n1. The normalized spacial score (nSPS) is 10.4. The highest BCUT2D eigenvalue weighted by Gasteiger charge is 2.15. The number of rotatable bonds is 4. The maximum atomic E-state index is 10.0. The van der Waals surface area contributed by atoms with Crippen LogP contribution in [0.25, 0.3) is 10.9 Å².